The highest BCUT2D eigenvalue weighted by molar-refractivity contribution is 9.10. The number of ether oxygens (including phenoxy) is 1. The zero-order valence-corrected chi connectivity index (χ0v) is 8.58. The number of rotatable bonds is 0. The second-order valence-electron chi connectivity index (χ2n) is 2.57. The van der Waals surface area contributed by atoms with E-state index in [-0.39, 0.29) is 28.7 Å². The van der Waals surface area contributed by atoms with E-state index in [0.29, 0.717) is 4.47 Å². The Morgan fingerprint density at radius 3 is 3.00 bits per heavy atom. The van der Waals surface area contributed by atoms with E-state index in [1.165, 1.54) is 6.07 Å². The molecular formula is C8H3BrClFO2. The topological polar surface area (TPSA) is 26.3 Å². The van der Waals surface area contributed by atoms with Gasteiger partial charge in [-0.3, -0.25) is 4.79 Å². The lowest BCUT2D eigenvalue weighted by molar-refractivity contribution is 0.0958. The van der Waals surface area contributed by atoms with Crippen molar-refractivity contribution >= 4 is 33.3 Å². The Morgan fingerprint density at radius 2 is 2.31 bits per heavy atom. The largest absolute Gasteiger partial charge is 0.483 e. The average Bonchev–Trinajstić information content (AvgIpc) is 2.44. The number of carbonyl (C=O) groups excluding carboxylic acids is 1. The number of halogens is 3. The first-order valence-corrected chi connectivity index (χ1v) is 4.62. The van der Waals surface area contributed by atoms with Gasteiger partial charge >= 0.3 is 0 Å². The molecule has 2 rings (SSSR count). The Hall–Kier alpha value is -0.610. The molecule has 1 aromatic rings. The van der Waals surface area contributed by atoms with Crippen LogP contribution in [0.5, 0.6) is 5.75 Å². The normalized spacial score (nSPS) is 14.2. The average molecular weight is 265 g/mol. The number of hydrogen-bond donors (Lipinski definition) is 0. The summed E-state index contributed by atoms with van der Waals surface area (Å²) < 4.78 is 18.8. The van der Waals surface area contributed by atoms with E-state index >= 15 is 0 Å². The van der Waals surface area contributed by atoms with E-state index in [1.807, 2.05) is 0 Å². The Labute approximate surface area is 86.8 Å². The standard InChI is InChI=1S/C8H3BrClFO2/c9-3-1-4(10)7(11)6-5(12)2-13-8(3)6/h1H,2H2. The minimum atomic E-state index is -0.706. The minimum Gasteiger partial charge on any atom is -0.483 e. The molecule has 0 bridgehead atoms. The Kier molecular flexibility index (Phi) is 2.04. The molecule has 5 heteroatoms. The van der Waals surface area contributed by atoms with Crippen molar-refractivity contribution in [2.45, 2.75) is 0 Å². The monoisotopic (exact) mass is 264 g/mol. The van der Waals surface area contributed by atoms with Crippen LogP contribution in [0.25, 0.3) is 0 Å². The molecule has 0 unspecified atom stereocenters. The number of carbonyl (C=O) groups is 1. The van der Waals surface area contributed by atoms with Gasteiger partial charge in [0, 0.05) is 0 Å². The molecule has 0 fully saturated rings. The van der Waals surface area contributed by atoms with E-state index < -0.39 is 5.82 Å². The molecular weight excluding hydrogens is 262 g/mol. The van der Waals surface area contributed by atoms with Crippen LogP contribution in [-0.4, -0.2) is 12.4 Å². The highest BCUT2D eigenvalue weighted by atomic mass is 79.9. The van der Waals surface area contributed by atoms with Crippen molar-refractivity contribution < 1.29 is 13.9 Å². The van der Waals surface area contributed by atoms with Gasteiger partial charge in [0.15, 0.2) is 12.4 Å². The van der Waals surface area contributed by atoms with Gasteiger partial charge in [0.05, 0.1) is 9.50 Å². The molecule has 0 aliphatic carbocycles. The predicted molar refractivity (Wildman–Crippen MR) is 48.9 cm³/mol. The lowest BCUT2D eigenvalue weighted by Crippen LogP contribution is -2.01. The van der Waals surface area contributed by atoms with Crippen molar-refractivity contribution in [1.29, 1.82) is 0 Å². The van der Waals surface area contributed by atoms with E-state index in [2.05, 4.69) is 15.9 Å². The number of benzene rings is 1. The summed E-state index contributed by atoms with van der Waals surface area (Å²) in [6.45, 7) is -0.120. The third kappa shape index (κ3) is 1.25. The summed E-state index contributed by atoms with van der Waals surface area (Å²) in [5.74, 6) is -0.843. The second-order valence-corrected chi connectivity index (χ2v) is 3.83. The van der Waals surface area contributed by atoms with Crippen molar-refractivity contribution in [2.24, 2.45) is 0 Å². The van der Waals surface area contributed by atoms with Crippen LogP contribution in [0.15, 0.2) is 10.5 Å². The van der Waals surface area contributed by atoms with Gasteiger partial charge in [-0.25, -0.2) is 4.39 Å². The Morgan fingerprint density at radius 1 is 1.62 bits per heavy atom. The van der Waals surface area contributed by atoms with E-state index in [1.54, 1.807) is 0 Å². The van der Waals surface area contributed by atoms with Crippen molar-refractivity contribution in [3.8, 4) is 5.75 Å². The first-order chi connectivity index (χ1) is 6.11. The molecule has 1 heterocycles. The zero-order valence-electron chi connectivity index (χ0n) is 6.23. The van der Waals surface area contributed by atoms with Gasteiger partial charge in [-0.2, -0.15) is 0 Å². The molecule has 1 aromatic carbocycles. The van der Waals surface area contributed by atoms with Gasteiger partial charge in [-0.05, 0) is 22.0 Å². The van der Waals surface area contributed by atoms with Gasteiger partial charge in [0.25, 0.3) is 0 Å². The fourth-order valence-corrected chi connectivity index (χ4v) is 2.06. The number of Topliss-reactive ketones (excluding diaryl/α,β-unsaturated/α-hetero) is 1. The number of ketones is 1. The summed E-state index contributed by atoms with van der Waals surface area (Å²) >= 11 is 8.68. The molecule has 13 heavy (non-hydrogen) atoms. The summed E-state index contributed by atoms with van der Waals surface area (Å²) in [5.41, 5.74) is -0.0561. The summed E-state index contributed by atoms with van der Waals surface area (Å²) in [7, 11) is 0. The molecule has 0 saturated carbocycles. The van der Waals surface area contributed by atoms with Crippen molar-refractivity contribution in [2.75, 3.05) is 6.61 Å². The Bertz CT molecular complexity index is 406. The van der Waals surface area contributed by atoms with Crippen LogP contribution >= 0.6 is 27.5 Å². The summed E-state index contributed by atoms with van der Waals surface area (Å²) in [6.07, 6.45) is 0. The van der Waals surface area contributed by atoms with Crippen LogP contribution in [0, 0.1) is 5.82 Å². The first-order valence-electron chi connectivity index (χ1n) is 3.44. The molecule has 0 amide bonds. The van der Waals surface area contributed by atoms with Crippen LogP contribution in [0.1, 0.15) is 10.4 Å². The van der Waals surface area contributed by atoms with Crippen molar-refractivity contribution in [3.63, 3.8) is 0 Å². The third-order valence-electron chi connectivity index (χ3n) is 1.75. The number of fused-ring (bicyclic) bond motifs is 1. The van der Waals surface area contributed by atoms with Crippen LogP contribution < -0.4 is 4.74 Å². The first kappa shape index (κ1) is 8.97. The van der Waals surface area contributed by atoms with Crippen LogP contribution in [-0.2, 0) is 0 Å². The highest BCUT2D eigenvalue weighted by Crippen LogP contribution is 2.38. The molecule has 0 aromatic heterocycles. The fraction of sp³-hybridized carbons (Fsp3) is 0.125. The predicted octanol–water partition coefficient (Wildman–Crippen LogP) is 2.82. The molecule has 0 spiro atoms. The summed E-state index contributed by atoms with van der Waals surface area (Å²) in [6, 6.07) is 1.37. The fourth-order valence-electron chi connectivity index (χ4n) is 1.18. The van der Waals surface area contributed by atoms with E-state index in [4.69, 9.17) is 16.3 Å². The minimum absolute atomic E-state index is 0.0561. The highest BCUT2D eigenvalue weighted by Gasteiger charge is 2.29. The molecule has 68 valence electrons. The van der Waals surface area contributed by atoms with E-state index in [9.17, 15) is 9.18 Å². The van der Waals surface area contributed by atoms with Crippen LogP contribution in [0.2, 0.25) is 5.02 Å². The maximum absolute atomic E-state index is 13.3. The lowest BCUT2D eigenvalue weighted by Gasteiger charge is -2.02. The smallest absolute Gasteiger partial charge is 0.206 e. The second kappa shape index (κ2) is 2.96. The molecule has 0 atom stereocenters. The molecule has 0 N–H and O–H groups in total. The summed E-state index contributed by atoms with van der Waals surface area (Å²) in [4.78, 5) is 11.1. The quantitative estimate of drug-likeness (QED) is 0.674. The number of hydrogen-bond acceptors (Lipinski definition) is 2. The van der Waals surface area contributed by atoms with Crippen LogP contribution in [0.4, 0.5) is 4.39 Å². The van der Waals surface area contributed by atoms with Crippen molar-refractivity contribution in [3.05, 3.63) is 26.9 Å². The Balaban J connectivity index is 2.77. The van der Waals surface area contributed by atoms with Crippen LogP contribution in [0.3, 0.4) is 0 Å². The maximum Gasteiger partial charge on any atom is 0.206 e. The molecule has 0 radical (unpaired) electrons. The maximum atomic E-state index is 13.3. The van der Waals surface area contributed by atoms with Crippen molar-refractivity contribution in [1.82, 2.24) is 0 Å². The SMILES string of the molecule is O=C1COc2c(Br)cc(Cl)c(F)c21. The van der Waals surface area contributed by atoms with Gasteiger partial charge in [0.2, 0.25) is 5.78 Å². The van der Waals surface area contributed by atoms with Gasteiger partial charge < -0.3 is 4.74 Å². The molecule has 0 saturated heterocycles. The van der Waals surface area contributed by atoms with Gasteiger partial charge in [-0.15, -0.1) is 0 Å². The zero-order chi connectivity index (χ0) is 9.59. The van der Waals surface area contributed by atoms with Gasteiger partial charge in [0.1, 0.15) is 11.3 Å². The lowest BCUT2D eigenvalue weighted by atomic mass is 10.1. The van der Waals surface area contributed by atoms with Gasteiger partial charge in [-0.1, -0.05) is 11.6 Å². The molecule has 1 aliphatic rings. The summed E-state index contributed by atoms with van der Waals surface area (Å²) in [5, 5.41) is -0.0792. The molecule has 2 nitrogen and oxygen atoms in total. The molecule has 1 aliphatic heterocycles. The van der Waals surface area contributed by atoms with E-state index in [0.717, 1.165) is 0 Å². The third-order valence-corrected chi connectivity index (χ3v) is 2.62.